The van der Waals surface area contributed by atoms with E-state index in [1.165, 1.54) is 7.11 Å². The molecule has 11 atom stereocenters. The second-order valence-corrected chi connectivity index (χ2v) is 11.5. The van der Waals surface area contributed by atoms with Gasteiger partial charge in [0.05, 0.1) is 25.4 Å². The third-order valence-corrected chi connectivity index (χ3v) is 10.4. The average Bonchev–Trinajstić information content (AvgIpc) is 3.07. The van der Waals surface area contributed by atoms with Crippen molar-refractivity contribution in [3.05, 3.63) is 0 Å². The average molecular weight is 437 g/mol. The lowest BCUT2D eigenvalue weighted by Gasteiger charge is -2.62. The summed E-state index contributed by atoms with van der Waals surface area (Å²) in [5.74, 6) is 0.568. The number of esters is 1. The lowest BCUT2D eigenvalue weighted by molar-refractivity contribution is -0.205. The predicted octanol–water partition coefficient (Wildman–Crippen LogP) is 2.72. The molecule has 4 fully saturated rings. The highest BCUT2D eigenvalue weighted by molar-refractivity contribution is 5.86. The number of fused-ring (bicyclic) bond motifs is 5. The summed E-state index contributed by atoms with van der Waals surface area (Å²) in [6.45, 7) is 6.38. The number of carbonyl (C=O) groups excluding carboxylic acids is 2. The van der Waals surface area contributed by atoms with E-state index in [-0.39, 0.29) is 59.1 Å². The van der Waals surface area contributed by atoms with Crippen LogP contribution in [0.1, 0.15) is 72.1 Å². The van der Waals surface area contributed by atoms with Crippen LogP contribution >= 0.6 is 0 Å². The van der Waals surface area contributed by atoms with Gasteiger partial charge in [-0.1, -0.05) is 20.8 Å². The number of ketones is 1. The van der Waals surface area contributed by atoms with Crippen molar-refractivity contribution >= 4 is 11.8 Å². The van der Waals surface area contributed by atoms with E-state index < -0.39 is 23.7 Å². The van der Waals surface area contributed by atoms with Crippen molar-refractivity contribution in [2.24, 2.45) is 46.3 Å². The lowest BCUT2D eigenvalue weighted by atomic mass is 9.42. The molecular weight excluding hydrogens is 396 g/mol. The van der Waals surface area contributed by atoms with Gasteiger partial charge in [0.2, 0.25) is 0 Å². The van der Waals surface area contributed by atoms with E-state index in [0.717, 1.165) is 19.3 Å². The Balaban J connectivity index is 1.61. The molecule has 4 aliphatic rings. The molecule has 0 aromatic rings. The summed E-state index contributed by atoms with van der Waals surface area (Å²) in [4.78, 5) is 24.8. The Morgan fingerprint density at radius 1 is 1.13 bits per heavy atom. The zero-order valence-corrected chi connectivity index (χ0v) is 19.4. The van der Waals surface area contributed by atoms with Crippen molar-refractivity contribution in [3.63, 3.8) is 0 Å². The molecule has 0 spiro atoms. The second-order valence-electron chi connectivity index (χ2n) is 11.5. The molecule has 4 rings (SSSR count). The minimum Gasteiger partial charge on any atom is -0.469 e. The highest BCUT2D eigenvalue weighted by atomic mass is 16.5. The van der Waals surface area contributed by atoms with E-state index in [1.54, 1.807) is 0 Å². The number of ether oxygens (including phenoxy) is 1. The summed E-state index contributed by atoms with van der Waals surface area (Å²) in [6.07, 6.45) is 3.24. The molecule has 0 bridgehead atoms. The number of aliphatic hydroxyl groups is 3. The lowest BCUT2D eigenvalue weighted by Crippen LogP contribution is -2.64. The van der Waals surface area contributed by atoms with E-state index in [2.05, 4.69) is 13.8 Å². The highest BCUT2D eigenvalue weighted by Gasteiger charge is 2.67. The summed E-state index contributed by atoms with van der Waals surface area (Å²) in [5, 5.41) is 33.0. The quantitative estimate of drug-likeness (QED) is 0.586. The van der Waals surface area contributed by atoms with Crippen LogP contribution in [0.4, 0.5) is 0 Å². The molecule has 0 aromatic carbocycles. The third-order valence-electron chi connectivity index (χ3n) is 10.4. The molecule has 176 valence electrons. The molecule has 0 aromatic heterocycles. The van der Waals surface area contributed by atoms with E-state index >= 15 is 0 Å². The summed E-state index contributed by atoms with van der Waals surface area (Å²) < 4.78 is 4.81. The molecule has 6 heteroatoms. The molecule has 3 N–H and O–H groups in total. The fraction of sp³-hybridized carbons (Fsp3) is 0.920. The Morgan fingerprint density at radius 3 is 2.52 bits per heavy atom. The molecule has 4 aliphatic carbocycles. The molecule has 0 radical (unpaired) electrons. The van der Waals surface area contributed by atoms with Gasteiger partial charge in [-0.25, -0.2) is 0 Å². The number of carbonyl (C=O) groups is 2. The van der Waals surface area contributed by atoms with Crippen LogP contribution in [0.5, 0.6) is 0 Å². The first-order valence-electron chi connectivity index (χ1n) is 12.2. The number of methoxy groups -OCH3 is 1. The summed E-state index contributed by atoms with van der Waals surface area (Å²) in [6, 6.07) is 0. The summed E-state index contributed by atoms with van der Waals surface area (Å²) in [7, 11) is 1.41. The number of rotatable bonds is 4. The van der Waals surface area contributed by atoms with Gasteiger partial charge in [0.25, 0.3) is 0 Å². The normalized spacial score (nSPS) is 50.2. The van der Waals surface area contributed by atoms with Gasteiger partial charge in [-0.2, -0.15) is 0 Å². The van der Waals surface area contributed by atoms with E-state index in [4.69, 9.17) is 4.74 Å². The summed E-state index contributed by atoms with van der Waals surface area (Å²) >= 11 is 0. The molecule has 0 amide bonds. The van der Waals surface area contributed by atoms with Gasteiger partial charge in [-0.05, 0) is 79.4 Å². The molecule has 31 heavy (non-hydrogen) atoms. The standard InChI is InChI=1S/C25H40O6/c1-13(5-8-22(30)31-4)16-6-7-17-23-18(12-21(29)25(16,17)3)24(2)14(10-19(23)27)9-15(26)11-20(24)28/h13-19,21,23,26-27,29H,5-12H2,1-4H3. The van der Waals surface area contributed by atoms with Crippen molar-refractivity contribution in [2.75, 3.05) is 7.11 Å². The van der Waals surface area contributed by atoms with Crippen LogP contribution < -0.4 is 0 Å². The van der Waals surface area contributed by atoms with Crippen molar-refractivity contribution in [3.8, 4) is 0 Å². The molecule has 6 nitrogen and oxygen atoms in total. The first kappa shape index (κ1) is 23.2. The molecule has 0 aliphatic heterocycles. The van der Waals surface area contributed by atoms with Crippen molar-refractivity contribution in [2.45, 2.75) is 90.4 Å². The van der Waals surface area contributed by atoms with Crippen molar-refractivity contribution < 1.29 is 29.6 Å². The van der Waals surface area contributed by atoms with Crippen molar-refractivity contribution in [1.82, 2.24) is 0 Å². The van der Waals surface area contributed by atoms with Crippen LogP contribution in [0.15, 0.2) is 0 Å². The van der Waals surface area contributed by atoms with Crippen molar-refractivity contribution in [1.29, 1.82) is 0 Å². The zero-order valence-electron chi connectivity index (χ0n) is 19.4. The minimum atomic E-state index is -0.611. The highest BCUT2D eigenvalue weighted by Crippen LogP contribution is 2.67. The van der Waals surface area contributed by atoms with Gasteiger partial charge in [0.1, 0.15) is 5.78 Å². The Morgan fingerprint density at radius 2 is 1.84 bits per heavy atom. The van der Waals surface area contributed by atoms with E-state index in [0.29, 0.717) is 25.7 Å². The predicted molar refractivity (Wildman–Crippen MR) is 115 cm³/mol. The maximum atomic E-state index is 13.2. The number of aliphatic hydroxyl groups excluding tert-OH is 3. The van der Waals surface area contributed by atoms with Crippen LogP contribution in [0.3, 0.4) is 0 Å². The minimum absolute atomic E-state index is 0.00616. The smallest absolute Gasteiger partial charge is 0.305 e. The Hall–Kier alpha value is -0.980. The van der Waals surface area contributed by atoms with Crippen LogP contribution in [-0.4, -0.2) is 52.5 Å². The first-order chi connectivity index (χ1) is 14.5. The van der Waals surface area contributed by atoms with Gasteiger partial charge in [0.15, 0.2) is 0 Å². The van der Waals surface area contributed by atoms with Crippen LogP contribution in [-0.2, 0) is 14.3 Å². The fourth-order valence-electron chi connectivity index (χ4n) is 8.63. The molecule has 4 saturated carbocycles. The number of hydrogen-bond donors (Lipinski definition) is 3. The number of hydrogen-bond acceptors (Lipinski definition) is 6. The van der Waals surface area contributed by atoms with Gasteiger partial charge in [-0.3, -0.25) is 9.59 Å². The molecule has 0 heterocycles. The Labute approximate surface area is 185 Å². The van der Waals surface area contributed by atoms with Gasteiger partial charge in [-0.15, -0.1) is 0 Å². The molecule has 11 unspecified atom stereocenters. The van der Waals surface area contributed by atoms with Crippen LogP contribution in [0.25, 0.3) is 0 Å². The first-order valence-corrected chi connectivity index (χ1v) is 12.2. The second kappa shape index (κ2) is 8.11. The van der Waals surface area contributed by atoms with E-state index in [1.807, 2.05) is 6.92 Å². The van der Waals surface area contributed by atoms with E-state index in [9.17, 15) is 24.9 Å². The monoisotopic (exact) mass is 436 g/mol. The van der Waals surface area contributed by atoms with Crippen LogP contribution in [0, 0.1) is 46.3 Å². The van der Waals surface area contributed by atoms with Gasteiger partial charge < -0.3 is 20.1 Å². The molecular formula is C25H40O6. The number of Topliss-reactive ketones (excluding diaryl/α,β-unsaturated/α-hetero) is 1. The Bertz CT molecular complexity index is 723. The van der Waals surface area contributed by atoms with Gasteiger partial charge in [0, 0.05) is 18.3 Å². The van der Waals surface area contributed by atoms with Gasteiger partial charge >= 0.3 is 5.97 Å². The maximum Gasteiger partial charge on any atom is 0.305 e. The third kappa shape index (κ3) is 3.39. The fourth-order valence-corrected chi connectivity index (χ4v) is 8.63. The largest absolute Gasteiger partial charge is 0.469 e. The SMILES string of the molecule is COC(=O)CCC(C)C1CCC2C3C(O)CC4CC(O)CC(=O)C4(C)C3CC(O)C12C. The Kier molecular flexibility index (Phi) is 6.06. The molecule has 0 saturated heterocycles. The topological polar surface area (TPSA) is 104 Å². The maximum absolute atomic E-state index is 13.2. The zero-order chi connectivity index (χ0) is 22.7. The van der Waals surface area contributed by atoms with Crippen LogP contribution in [0.2, 0.25) is 0 Å². The summed E-state index contributed by atoms with van der Waals surface area (Å²) in [5.41, 5.74) is -0.891.